The normalized spacial score (nSPS) is 28.7. The number of hydrogen-bond acceptors (Lipinski definition) is 5. The van der Waals surface area contributed by atoms with Gasteiger partial charge in [-0.15, -0.1) is 5.10 Å². The minimum atomic E-state index is -0.376. The lowest BCUT2D eigenvalue weighted by atomic mass is 9.77. The van der Waals surface area contributed by atoms with Crippen molar-refractivity contribution < 1.29 is 9.50 Å². The van der Waals surface area contributed by atoms with Gasteiger partial charge < -0.3 is 5.11 Å². The first-order valence-electron chi connectivity index (χ1n) is 11.2. The molecule has 2 aliphatic carbocycles. The third-order valence-corrected chi connectivity index (χ3v) is 7.19. The number of benzene rings is 1. The maximum atomic E-state index is 14.0. The Morgan fingerprint density at radius 1 is 1.06 bits per heavy atom. The van der Waals surface area contributed by atoms with Gasteiger partial charge in [0.15, 0.2) is 0 Å². The molecule has 0 amide bonds. The topological polar surface area (TPSA) is 72.0 Å². The summed E-state index contributed by atoms with van der Waals surface area (Å²) in [6.07, 6.45) is 9.56. The summed E-state index contributed by atoms with van der Waals surface area (Å²) in [6.45, 7) is 2.77. The number of para-hydroxylation sites is 1. The first-order chi connectivity index (χ1) is 15.1. The molecule has 1 N–H and O–H groups in total. The number of likely N-dealkylation sites (tertiary alicyclic amines) is 1. The summed E-state index contributed by atoms with van der Waals surface area (Å²) < 4.78 is 17.6. The maximum absolute atomic E-state index is 14.0. The van der Waals surface area contributed by atoms with Gasteiger partial charge in [-0.25, -0.2) is 13.8 Å². The summed E-state index contributed by atoms with van der Waals surface area (Å²) >= 11 is 0. The highest BCUT2D eigenvalue weighted by Crippen LogP contribution is 2.43. The highest BCUT2D eigenvalue weighted by Gasteiger charge is 2.43. The second-order valence-electron chi connectivity index (χ2n) is 9.46. The molecule has 162 valence electrons. The fourth-order valence-corrected chi connectivity index (χ4v) is 5.41. The van der Waals surface area contributed by atoms with Crippen LogP contribution in [-0.4, -0.2) is 54.0 Å². The van der Waals surface area contributed by atoms with E-state index in [1.165, 1.54) is 18.9 Å². The number of aliphatic hydroxyl groups is 1. The van der Waals surface area contributed by atoms with Crippen molar-refractivity contribution in [3.63, 3.8) is 0 Å². The number of aromatic nitrogens is 5. The molecule has 4 atom stereocenters. The Morgan fingerprint density at radius 3 is 2.68 bits per heavy atom. The largest absolute Gasteiger partial charge is 0.391 e. The van der Waals surface area contributed by atoms with Crippen molar-refractivity contribution in [2.45, 2.75) is 50.3 Å². The molecular formula is C23H27FN6O. The van der Waals surface area contributed by atoms with Crippen molar-refractivity contribution in [1.82, 2.24) is 29.7 Å². The van der Waals surface area contributed by atoms with Crippen LogP contribution in [0.15, 0.2) is 42.9 Å². The van der Waals surface area contributed by atoms with E-state index in [1.54, 1.807) is 16.8 Å². The van der Waals surface area contributed by atoms with Crippen LogP contribution in [0.3, 0.4) is 0 Å². The van der Waals surface area contributed by atoms with Gasteiger partial charge in [-0.05, 0) is 49.7 Å². The Labute approximate surface area is 180 Å². The van der Waals surface area contributed by atoms with Gasteiger partial charge in [0.05, 0.1) is 24.0 Å². The molecule has 0 bridgehead atoms. The highest BCUT2D eigenvalue weighted by atomic mass is 19.1. The van der Waals surface area contributed by atoms with Crippen molar-refractivity contribution in [3.8, 4) is 5.69 Å². The lowest BCUT2D eigenvalue weighted by Crippen LogP contribution is -2.36. The number of hydrogen-bond donors (Lipinski definition) is 1. The Morgan fingerprint density at radius 2 is 1.87 bits per heavy atom. The van der Waals surface area contributed by atoms with Gasteiger partial charge >= 0.3 is 0 Å². The Bertz CT molecular complexity index is 1080. The van der Waals surface area contributed by atoms with Crippen molar-refractivity contribution in [3.05, 3.63) is 59.9 Å². The van der Waals surface area contributed by atoms with Crippen molar-refractivity contribution in [2.75, 3.05) is 13.1 Å². The molecule has 2 saturated carbocycles. The summed E-state index contributed by atoms with van der Waals surface area (Å²) in [6, 6.07) is 6.70. The molecule has 6 rings (SSSR count). The first kappa shape index (κ1) is 19.1. The predicted molar refractivity (Wildman–Crippen MR) is 112 cm³/mol. The van der Waals surface area contributed by atoms with Gasteiger partial charge in [0.2, 0.25) is 0 Å². The van der Waals surface area contributed by atoms with Gasteiger partial charge in [-0.3, -0.25) is 4.90 Å². The maximum Gasteiger partial charge on any atom is 0.148 e. The van der Waals surface area contributed by atoms with Crippen LogP contribution in [0.4, 0.5) is 4.39 Å². The minimum absolute atomic E-state index is 0.0185. The van der Waals surface area contributed by atoms with Crippen LogP contribution in [0.2, 0.25) is 0 Å². The summed E-state index contributed by atoms with van der Waals surface area (Å²) in [5.41, 5.74) is 2.62. The molecule has 3 fully saturated rings. The van der Waals surface area contributed by atoms with Crippen LogP contribution in [0, 0.1) is 17.7 Å². The molecule has 31 heavy (non-hydrogen) atoms. The lowest BCUT2D eigenvalue weighted by molar-refractivity contribution is 0.0298. The summed E-state index contributed by atoms with van der Waals surface area (Å²) in [5.74, 6) is 1.35. The SMILES string of the molecule is O[C@@H]1C[C@H]2CN(Cc3cnn(-c4ccccc4F)c3)C[C@H]2C[C@H]1n1cc(C2CC2)nn1. The van der Waals surface area contributed by atoms with Crippen LogP contribution in [0.1, 0.15) is 48.9 Å². The number of aliphatic hydroxyl groups excluding tert-OH is 1. The molecule has 3 aliphatic rings. The average molecular weight is 423 g/mol. The Hall–Kier alpha value is -2.58. The minimum Gasteiger partial charge on any atom is -0.391 e. The number of halogens is 1. The Balaban J connectivity index is 1.12. The zero-order chi connectivity index (χ0) is 20.9. The van der Waals surface area contributed by atoms with E-state index in [0.717, 1.165) is 43.7 Å². The van der Waals surface area contributed by atoms with Crippen LogP contribution in [0.5, 0.6) is 0 Å². The van der Waals surface area contributed by atoms with Crippen molar-refractivity contribution in [1.29, 1.82) is 0 Å². The van der Waals surface area contributed by atoms with Crippen molar-refractivity contribution >= 4 is 0 Å². The zero-order valence-corrected chi connectivity index (χ0v) is 17.4. The fourth-order valence-electron chi connectivity index (χ4n) is 5.41. The molecule has 2 aromatic heterocycles. The third-order valence-electron chi connectivity index (χ3n) is 7.19. The summed E-state index contributed by atoms with van der Waals surface area (Å²) in [4.78, 5) is 2.43. The van der Waals surface area contributed by atoms with E-state index in [2.05, 4.69) is 26.5 Å². The predicted octanol–water partition coefficient (Wildman–Crippen LogP) is 2.92. The van der Waals surface area contributed by atoms with E-state index >= 15 is 0 Å². The standard InChI is InChI=1S/C23H27FN6O/c24-19-3-1-2-4-21(19)29-11-15(9-25-29)10-28-12-17-7-22(23(31)8-18(17)13-28)30-14-20(26-27-30)16-5-6-16/h1-4,9,11,14,16-18,22-23,31H,5-8,10,12-13H2/t17-,18+,22-,23-/m1/s1. The van der Waals surface area contributed by atoms with E-state index in [1.807, 2.05) is 23.1 Å². The van der Waals surface area contributed by atoms with E-state index < -0.39 is 0 Å². The van der Waals surface area contributed by atoms with Gasteiger partial charge in [0.1, 0.15) is 11.5 Å². The first-order valence-corrected chi connectivity index (χ1v) is 11.2. The zero-order valence-electron chi connectivity index (χ0n) is 17.4. The van der Waals surface area contributed by atoms with Gasteiger partial charge in [-0.1, -0.05) is 17.3 Å². The molecule has 1 saturated heterocycles. The van der Waals surface area contributed by atoms with E-state index in [4.69, 9.17) is 0 Å². The molecule has 3 aromatic rings. The molecular weight excluding hydrogens is 395 g/mol. The average Bonchev–Trinajstić information content (AvgIpc) is 3.14. The Kier molecular flexibility index (Phi) is 4.65. The van der Waals surface area contributed by atoms with Crippen LogP contribution in [0.25, 0.3) is 5.69 Å². The smallest absolute Gasteiger partial charge is 0.148 e. The molecule has 1 aromatic carbocycles. The van der Waals surface area contributed by atoms with E-state index in [0.29, 0.717) is 23.4 Å². The van der Waals surface area contributed by atoms with Crippen LogP contribution in [-0.2, 0) is 6.54 Å². The number of fused-ring (bicyclic) bond motifs is 1. The van der Waals surface area contributed by atoms with E-state index in [-0.39, 0.29) is 18.0 Å². The van der Waals surface area contributed by atoms with Crippen molar-refractivity contribution in [2.24, 2.45) is 11.8 Å². The third kappa shape index (κ3) is 3.68. The lowest BCUT2D eigenvalue weighted by Gasteiger charge is -2.35. The monoisotopic (exact) mass is 422 g/mol. The quantitative estimate of drug-likeness (QED) is 0.685. The number of nitrogens with zero attached hydrogens (tertiary/aromatic N) is 6. The molecule has 3 heterocycles. The highest BCUT2D eigenvalue weighted by molar-refractivity contribution is 5.33. The molecule has 0 spiro atoms. The second-order valence-corrected chi connectivity index (χ2v) is 9.46. The van der Waals surface area contributed by atoms with Crippen LogP contribution >= 0.6 is 0 Å². The fraction of sp³-hybridized carbons (Fsp3) is 0.522. The van der Waals surface area contributed by atoms with Gasteiger partial charge in [0, 0.05) is 43.5 Å². The summed E-state index contributed by atoms with van der Waals surface area (Å²) in [5, 5.41) is 23.8. The van der Waals surface area contributed by atoms with E-state index in [9.17, 15) is 9.50 Å². The molecule has 7 nitrogen and oxygen atoms in total. The second kappa shape index (κ2) is 7.53. The van der Waals surface area contributed by atoms with Gasteiger partial charge in [0.25, 0.3) is 0 Å². The van der Waals surface area contributed by atoms with Gasteiger partial charge in [-0.2, -0.15) is 5.10 Å². The number of rotatable bonds is 5. The molecule has 1 aliphatic heterocycles. The molecule has 0 unspecified atom stereocenters. The molecule has 8 heteroatoms. The summed E-state index contributed by atoms with van der Waals surface area (Å²) in [7, 11) is 0. The van der Waals surface area contributed by atoms with Crippen LogP contribution < -0.4 is 0 Å². The molecule has 0 radical (unpaired) electrons.